The first-order valence-electron chi connectivity index (χ1n) is 10.9. The maximum Gasteiger partial charge on any atom is 0.332 e. The maximum absolute atomic E-state index is 13.3. The third-order valence-electron chi connectivity index (χ3n) is 6.22. The molecule has 0 fully saturated rings. The molecule has 1 aromatic carbocycles. The number of hydrogen-bond acceptors (Lipinski definition) is 5. The van der Waals surface area contributed by atoms with Crippen LogP contribution in [0.5, 0.6) is 0 Å². The SMILES string of the molecule is Cc1nc2c(cc1C(=O)Nc1ccccc1-c1cn3c(n1)CCCC3)c(=O)n(C)c(=O)n2C. The highest BCUT2D eigenvalue weighted by atomic mass is 16.2. The predicted molar refractivity (Wildman–Crippen MR) is 126 cm³/mol. The zero-order valence-electron chi connectivity index (χ0n) is 18.8. The summed E-state index contributed by atoms with van der Waals surface area (Å²) < 4.78 is 4.49. The number of anilines is 1. The molecular weight excluding hydrogens is 420 g/mol. The van der Waals surface area contributed by atoms with E-state index >= 15 is 0 Å². The third-order valence-corrected chi connectivity index (χ3v) is 6.22. The van der Waals surface area contributed by atoms with Crippen molar-refractivity contribution in [2.45, 2.75) is 32.7 Å². The summed E-state index contributed by atoms with van der Waals surface area (Å²) in [4.78, 5) is 47.3. The average molecular weight is 444 g/mol. The molecule has 0 aliphatic carbocycles. The fraction of sp³-hybridized carbons (Fsp3) is 0.292. The van der Waals surface area contributed by atoms with E-state index < -0.39 is 11.2 Å². The summed E-state index contributed by atoms with van der Waals surface area (Å²) in [6.07, 6.45) is 5.26. The first-order valence-corrected chi connectivity index (χ1v) is 10.9. The number of aromatic nitrogens is 5. The Balaban J connectivity index is 1.55. The fourth-order valence-corrected chi connectivity index (χ4v) is 4.37. The van der Waals surface area contributed by atoms with E-state index in [0.29, 0.717) is 11.4 Å². The summed E-state index contributed by atoms with van der Waals surface area (Å²) in [6.45, 7) is 2.64. The van der Waals surface area contributed by atoms with E-state index in [0.717, 1.165) is 47.5 Å². The van der Waals surface area contributed by atoms with Gasteiger partial charge in [0.1, 0.15) is 11.5 Å². The topological polar surface area (TPSA) is 104 Å². The van der Waals surface area contributed by atoms with E-state index in [1.165, 1.54) is 17.7 Å². The number of fused-ring (bicyclic) bond motifs is 2. The summed E-state index contributed by atoms with van der Waals surface area (Å²) in [7, 11) is 2.96. The lowest BCUT2D eigenvalue weighted by atomic mass is 10.1. The van der Waals surface area contributed by atoms with Crippen molar-refractivity contribution in [3.05, 3.63) is 74.4 Å². The van der Waals surface area contributed by atoms with Crippen molar-refractivity contribution >= 4 is 22.6 Å². The molecule has 33 heavy (non-hydrogen) atoms. The van der Waals surface area contributed by atoms with E-state index in [9.17, 15) is 14.4 Å². The minimum atomic E-state index is -0.487. The second-order valence-electron chi connectivity index (χ2n) is 8.39. The van der Waals surface area contributed by atoms with Crippen LogP contribution in [0, 0.1) is 6.92 Å². The van der Waals surface area contributed by atoms with Gasteiger partial charge in [-0.25, -0.2) is 14.8 Å². The number of carbonyl (C=O) groups excluding carboxylic acids is 1. The maximum atomic E-state index is 13.3. The van der Waals surface area contributed by atoms with Crippen molar-refractivity contribution in [1.82, 2.24) is 23.7 Å². The Kier molecular flexibility index (Phi) is 4.96. The van der Waals surface area contributed by atoms with Crippen LogP contribution in [0.15, 0.2) is 46.1 Å². The van der Waals surface area contributed by atoms with Crippen LogP contribution in [0.1, 0.15) is 34.7 Å². The summed E-state index contributed by atoms with van der Waals surface area (Å²) in [6, 6.07) is 9.04. The molecular formula is C24H24N6O3. The Morgan fingerprint density at radius 3 is 2.64 bits per heavy atom. The molecule has 0 bridgehead atoms. The lowest BCUT2D eigenvalue weighted by molar-refractivity contribution is 0.102. The standard InChI is InChI=1S/C24H24N6O3/c1-14-16(12-17-21(25-14)28(2)24(33)29(3)23(17)32)22(31)27-18-9-5-4-8-15(18)19-13-30-11-7-6-10-20(30)26-19/h4-5,8-9,12-13H,6-7,10-11H2,1-3H3,(H,27,31). The number of hydrogen-bond donors (Lipinski definition) is 1. The number of carbonyl (C=O) groups is 1. The summed E-state index contributed by atoms with van der Waals surface area (Å²) in [5.74, 6) is 0.683. The number of nitrogens with zero attached hydrogens (tertiary/aromatic N) is 5. The van der Waals surface area contributed by atoms with Gasteiger partial charge in [-0.1, -0.05) is 18.2 Å². The lowest BCUT2D eigenvalue weighted by Gasteiger charge is -2.13. The molecule has 4 aromatic rings. The molecule has 168 valence electrons. The van der Waals surface area contributed by atoms with E-state index in [4.69, 9.17) is 4.98 Å². The van der Waals surface area contributed by atoms with Gasteiger partial charge in [0.2, 0.25) is 0 Å². The monoisotopic (exact) mass is 444 g/mol. The zero-order chi connectivity index (χ0) is 23.3. The largest absolute Gasteiger partial charge is 0.334 e. The molecule has 5 rings (SSSR count). The highest BCUT2D eigenvalue weighted by Crippen LogP contribution is 2.29. The normalized spacial score (nSPS) is 13.2. The molecule has 0 spiro atoms. The molecule has 9 heteroatoms. The number of para-hydroxylation sites is 1. The van der Waals surface area contributed by atoms with Gasteiger partial charge in [-0.05, 0) is 31.9 Å². The number of aryl methyl sites for hydroxylation is 4. The van der Waals surface area contributed by atoms with Crippen molar-refractivity contribution in [3.63, 3.8) is 0 Å². The van der Waals surface area contributed by atoms with E-state index in [-0.39, 0.29) is 22.5 Å². The Morgan fingerprint density at radius 1 is 1.06 bits per heavy atom. The number of benzene rings is 1. The van der Waals surface area contributed by atoms with Gasteiger partial charge >= 0.3 is 5.69 Å². The molecule has 1 N–H and O–H groups in total. The summed E-state index contributed by atoms with van der Waals surface area (Å²) >= 11 is 0. The van der Waals surface area contributed by atoms with Gasteiger partial charge in [-0.2, -0.15) is 0 Å². The van der Waals surface area contributed by atoms with Crippen LogP contribution in [-0.2, 0) is 27.1 Å². The van der Waals surface area contributed by atoms with Gasteiger partial charge in [-0.15, -0.1) is 0 Å². The molecule has 4 heterocycles. The van der Waals surface area contributed by atoms with Crippen LogP contribution < -0.4 is 16.6 Å². The van der Waals surface area contributed by atoms with Crippen LogP contribution in [0.2, 0.25) is 0 Å². The first kappa shape index (κ1) is 20.9. The van der Waals surface area contributed by atoms with Gasteiger partial charge in [-0.3, -0.25) is 18.7 Å². The summed E-state index contributed by atoms with van der Waals surface area (Å²) in [5, 5.41) is 3.18. The van der Waals surface area contributed by atoms with Gasteiger partial charge in [0.15, 0.2) is 0 Å². The van der Waals surface area contributed by atoms with Crippen LogP contribution >= 0.6 is 0 Å². The zero-order valence-corrected chi connectivity index (χ0v) is 18.8. The van der Waals surface area contributed by atoms with Crippen molar-refractivity contribution in [1.29, 1.82) is 0 Å². The summed E-state index contributed by atoms with van der Waals surface area (Å²) in [5.41, 5.74) is 2.28. The van der Waals surface area contributed by atoms with E-state index in [2.05, 4.69) is 14.9 Å². The van der Waals surface area contributed by atoms with Crippen molar-refractivity contribution in [2.75, 3.05) is 5.32 Å². The lowest BCUT2D eigenvalue weighted by Crippen LogP contribution is -2.37. The predicted octanol–water partition coefficient (Wildman–Crippen LogP) is 2.39. The highest BCUT2D eigenvalue weighted by Gasteiger charge is 2.19. The van der Waals surface area contributed by atoms with Crippen LogP contribution in [0.25, 0.3) is 22.3 Å². The Hall–Kier alpha value is -4.01. The van der Waals surface area contributed by atoms with Crippen LogP contribution in [0.3, 0.4) is 0 Å². The smallest absolute Gasteiger partial charge is 0.332 e. The van der Waals surface area contributed by atoms with Crippen molar-refractivity contribution in [2.24, 2.45) is 14.1 Å². The van der Waals surface area contributed by atoms with Crippen molar-refractivity contribution < 1.29 is 4.79 Å². The molecule has 3 aromatic heterocycles. The molecule has 0 saturated carbocycles. The molecule has 1 amide bonds. The molecule has 0 atom stereocenters. The second kappa shape index (κ2) is 7.84. The van der Waals surface area contributed by atoms with E-state index in [1.807, 2.05) is 30.5 Å². The minimum absolute atomic E-state index is 0.213. The molecule has 0 radical (unpaired) electrons. The van der Waals surface area contributed by atoms with Gasteiger partial charge in [0.05, 0.1) is 28.0 Å². The molecule has 1 aliphatic rings. The minimum Gasteiger partial charge on any atom is -0.334 e. The number of rotatable bonds is 3. The Morgan fingerprint density at radius 2 is 1.85 bits per heavy atom. The molecule has 9 nitrogen and oxygen atoms in total. The fourth-order valence-electron chi connectivity index (χ4n) is 4.37. The number of imidazole rings is 1. The average Bonchev–Trinajstić information content (AvgIpc) is 3.25. The Labute approximate surface area is 189 Å². The first-order chi connectivity index (χ1) is 15.8. The van der Waals surface area contributed by atoms with Gasteiger partial charge in [0.25, 0.3) is 11.5 Å². The van der Waals surface area contributed by atoms with Crippen LogP contribution in [0.4, 0.5) is 5.69 Å². The number of nitrogens with one attached hydrogen (secondary N) is 1. The van der Waals surface area contributed by atoms with Gasteiger partial charge < -0.3 is 9.88 Å². The van der Waals surface area contributed by atoms with Crippen molar-refractivity contribution in [3.8, 4) is 11.3 Å². The quantitative estimate of drug-likeness (QED) is 0.523. The highest BCUT2D eigenvalue weighted by molar-refractivity contribution is 6.08. The third kappa shape index (κ3) is 3.45. The Bertz CT molecular complexity index is 1520. The second-order valence-corrected chi connectivity index (χ2v) is 8.39. The van der Waals surface area contributed by atoms with E-state index in [1.54, 1.807) is 14.0 Å². The van der Waals surface area contributed by atoms with Gasteiger partial charge in [0, 0.05) is 38.8 Å². The number of pyridine rings is 1. The van der Waals surface area contributed by atoms with Crippen LogP contribution in [-0.4, -0.2) is 29.6 Å². The number of amides is 1. The molecule has 1 aliphatic heterocycles. The molecule has 0 saturated heterocycles. The molecule has 0 unspecified atom stereocenters.